The molecule has 0 aliphatic heterocycles. The first-order chi connectivity index (χ1) is 18.0. The van der Waals surface area contributed by atoms with Gasteiger partial charge in [-0.2, -0.15) is 31.6 Å². The van der Waals surface area contributed by atoms with E-state index in [4.69, 9.17) is 29.8 Å². The van der Waals surface area contributed by atoms with Crippen LogP contribution in [0.4, 0.5) is 26.3 Å². The van der Waals surface area contributed by atoms with Gasteiger partial charge in [-0.25, -0.2) is 19.6 Å². The number of carbonyl (C=O) groups is 2. The third-order valence-electron chi connectivity index (χ3n) is 4.26. The highest BCUT2D eigenvalue weighted by molar-refractivity contribution is 9.10. The predicted octanol–water partition coefficient (Wildman–Crippen LogP) is 4.88. The SMILES string of the molecule is CN(CCC#N)CCOc1ccc(-c2nc3cc(Br)cnc3[nH]2)cc1.O=C(O)C(F)(F)F.O=C(O)C(F)(F)F. The summed E-state index contributed by atoms with van der Waals surface area (Å²) in [6, 6.07) is 11.9. The Hall–Kier alpha value is -3.91. The number of benzene rings is 1. The lowest BCUT2D eigenvalue weighted by Crippen LogP contribution is -2.25. The fourth-order valence-electron chi connectivity index (χ4n) is 2.39. The minimum absolute atomic E-state index is 0.536. The third-order valence-corrected chi connectivity index (χ3v) is 4.70. The number of rotatable bonds is 7. The number of ether oxygens (including phenoxy) is 1. The van der Waals surface area contributed by atoms with Gasteiger partial charge >= 0.3 is 24.3 Å². The summed E-state index contributed by atoms with van der Waals surface area (Å²) >= 11 is 3.40. The van der Waals surface area contributed by atoms with Crippen LogP contribution in [0.1, 0.15) is 6.42 Å². The minimum atomic E-state index is -5.08. The van der Waals surface area contributed by atoms with Gasteiger partial charge < -0.3 is 24.8 Å². The number of carboxylic acids is 2. The number of nitriles is 1. The van der Waals surface area contributed by atoms with Crippen LogP contribution < -0.4 is 4.74 Å². The van der Waals surface area contributed by atoms with Crippen LogP contribution in [0, 0.1) is 11.3 Å². The summed E-state index contributed by atoms with van der Waals surface area (Å²) in [5.74, 6) is -3.92. The van der Waals surface area contributed by atoms with Crippen LogP contribution in [-0.2, 0) is 9.59 Å². The number of aromatic nitrogens is 3. The quantitative estimate of drug-likeness (QED) is 0.311. The summed E-state index contributed by atoms with van der Waals surface area (Å²) < 4.78 is 70.1. The van der Waals surface area contributed by atoms with E-state index in [0.29, 0.717) is 13.0 Å². The van der Waals surface area contributed by atoms with Crippen molar-refractivity contribution < 1.29 is 50.9 Å². The van der Waals surface area contributed by atoms with Crippen molar-refractivity contribution in [2.75, 3.05) is 26.7 Å². The zero-order valence-corrected chi connectivity index (χ0v) is 21.4. The molecule has 10 nitrogen and oxygen atoms in total. The highest BCUT2D eigenvalue weighted by Crippen LogP contribution is 2.23. The maximum Gasteiger partial charge on any atom is 0.490 e. The van der Waals surface area contributed by atoms with Crippen molar-refractivity contribution in [2.45, 2.75) is 18.8 Å². The fourth-order valence-corrected chi connectivity index (χ4v) is 2.71. The number of imidazole rings is 1. The van der Waals surface area contributed by atoms with Gasteiger partial charge in [0.15, 0.2) is 5.65 Å². The molecule has 0 fully saturated rings. The van der Waals surface area contributed by atoms with Crippen molar-refractivity contribution in [3.05, 3.63) is 41.0 Å². The number of aliphatic carboxylic acids is 2. The zero-order chi connectivity index (χ0) is 29.8. The topological polar surface area (TPSA) is 152 Å². The molecule has 3 rings (SSSR count). The minimum Gasteiger partial charge on any atom is -0.492 e. The maximum atomic E-state index is 10.6. The molecule has 0 aliphatic carbocycles. The molecule has 0 saturated heterocycles. The van der Waals surface area contributed by atoms with Gasteiger partial charge in [-0.3, -0.25) is 0 Å². The number of alkyl halides is 6. The van der Waals surface area contributed by atoms with Crippen LogP contribution in [0.25, 0.3) is 22.6 Å². The molecule has 17 heteroatoms. The van der Waals surface area contributed by atoms with Crippen molar-refractivity contribution in [1.29, 1.82) is 5.26 Å². The molecule has 0 amide bonds. The second-order valence-electron chi connectivity index (χ2n) is 7.30. The molecular weight excluding hydrogens is 608 g/mol. The highest BCUT2D eigenvalue weighted by atomic mass is 79.9. The van der Waals surface area contributed by atoms with Gasteiger partial charge in [0.2, 0.25) is 0 Å². The molecule has 0 spiro atoms. The molecule has 0 radical (unpaired) electrons. The lowest BCUT2D eigenvalue weighted by atomic mass is 10.2. The molecule has 0 saturated carbocycles. The zero-order valence-electron chi connectivity index (χ0n) is 19.8. The van der Waals surface area contributed by atoms with Gasteiger partial charge in [0.1, 0.15) is 23.7 Å². The van der Waals surface area contributed by atoms with Gasteiger partial charge in [0, 0.05) is 35.7 Å². The van der Waals surface area contributed by atoms with Gasteiger partial charge in [-0.1, -0.05) is 0 Å². The summed E-state index contributed by atoms with van der Waals surface area (Å²) in [6.45, 7) is 2.13. The van der Waals surface area contributed by atoms with Crippen LogP contribution in [-0.4, -0.2) is 81.1 Å². The molecule has 2 heterocycles. The number of fused-ring (bicyclic) bond motifs is 1. The van der Waals surface area contributed by atoms with Crippen LogP contribution >= 0.6 is 15.9 Å². The number of carboxylic acid groups (broad SMARTS) is 2. The van der Waals surface area contributed by atoms with Crippen LogP contribution in [0.5, 0.6) is 5.75 Å². The Morgan fingerprint density at radius 1 is 1.08 bits per heavy atom. The summed E-state index contributed by atoms with van der Waals surface area (Å²) in [6.07, 6.45) is -7.89. The van der Waals surface area contributed by atoms with E-state index >= 15 is 0 Å². The van der Waals surface area contributed by atoms with Crippen molar-refractivity contribution in [1.82, 2.24) is 19.9 Å². The van der Waals surface area contributed by atoms with E-state index in [2.05, 4.69) is 41.9 Å². The summed E-state index contributed by atoms with van der Waals surface area (Å²) in [5, 5.41) is 22.8. The monoisotopic (exact) mass is 627 g/mol. The predicted molar refractivity (Wildman–Crippen MR) is 128 cm³/mol. The lowest BCUT2D eigenvalue weighted by molar-refractivity contribution is -0.193. The largest absolute Gasteiger partial charge is 0.492 e. The van der Waals surface area contributed by atoms with Gasteiger partial charge in [-0.05, 0) is 53.3 Å². The average molecular weight is 628 g/mol. The summed E-state index contributed by atoms with van der Waals surface area (Å²) in [5.41, 5.74) is 2.57. The number of H-pyrrole nitrogens is 1. The first-order valence-electron chi connectivity index (χ1n) is 10.4. The Kier molecular flexibility index (Phi) is 12.6. The molecule has 0 bridgehead atoms. The molecule has 2 aromatic heterocycles. The first-order valence-corrected chi connectivity index (χ1v) is 11.2. The Balaban J connectivity index is 0.000000449. The molecule has 3 aromatic rings. The standard InChI is InChI=1S/C18H18BrN5O.2C2HF3O2/c1-24(8-2-7-20)9-10-25-15-5-3-13(4-6-15)17-22-16-11-14(19)12-21-18(16)23-17;2*3-2(4,5)1(6)7/h3-6,11-12H,2,8-10H2,1H3,(H,21,22,23);2*(H,6,7). The molecule has 3 N–H and O–H groups in total. The third kappa shape index (κ3) is 12.5. The average Bonchev–Trinajstić information content (AvgIpc) is 3.26. The molecule has 212 valence electrons. The van der Waals surface area contributed by atoms with Gasteiger partial charge in [0.05, 0.1) is 6.07 Å². The van der Waals surface area contributed by atoms with Gasteiger partial charge in [-0.15, -0.1) is 0 Å². The summed E-state index contributed by atoms with van der Waals surface area (Å²) in [4.78, 5) is 32.0. The van der Waals surface area contributed by atoms with E-state index < -0.39 is 24.3 Å². The van der Waals surface area contributed by atoms with Crippen LogP contribution in [0.2, 0.25) is 0 Å². The normalized spacial score (nSPS) is 11.1. The Labute approximate surface area is 225 Å². The van der Waals surface area contributed by atoms with Crippen LogP contribution in [0.3, 0.4) is 0 Å². The molecule has 0 aliphatic rings. The van der Waals surface area contributed by atoms with E-state index in [1.807, 2.05) is 37.4 Å². The smallest absolute Gasteiger partial charge is 0.490 e. The number of hydrogen-bond donors (Lipinski definition) is 3. The van der Waals surface area contributed by atoms with E-state index in [-0.39, 0.29) is 0 Å². The molecule has 0 atom stereocenters. The Bertz CT molecular complexity index is 1250. The van der Waals surface area contributed by atoms with E-state index in [1.54, 1.807) is 6.20 Å². The number of nitrogens with zero attached hydrogens (tertiary/aromatic N) is 4. The maximum absolute atomic E-state index is 10.6. The molecule has 0 unspecified atom stereocenters. The number of nitrogens with one attached hydrogen (secondary N) is 1. The number of pyridine rings is 1. The van der Waals surface area contributed by atoms with E-state index in [9.17, 15) is 26.3 Å². The van der Waals surface area contributed by atoms with Crippen molar-refractivity contribution in [3.8, 4) is 23.2 Å². The first kappa shape index (κ1) is 33.1. The summed E-state index contributed by atoms with van der Waals surface area (Å²) in [7, 11) is 1.98. The van der Waals surface area contributed by atoms with Crippen molar-refractivity contribution in [2.24, 2.45) is 0 Å². The Morgan fingerprint density at radius 2 is 1.62 bits per heavy atom. The molecule has 1 aromatic carbocycles. The molecular formula is C22H20BrF6N5O5. The number of aromatic amines is 1. The second-order valence-corrected chi connectivity index (χ2v) is 8.21. The number of halogens is 7. The number of hydrogen-bond acceptors (Lipinski definition) is 7. The van der Waals surface area contributed by atoms with Gasteiger partial charge in [0.25, 0.3) is 0 Å². The van der Waals surface area contributed by atoms with Crippen molar-refractivity contribution >= 4 is 39.0 Å². The fraction of sp³-hybridized carbons (Fsp3) is 0.318. The van der Waals surface area contributed by atoms with E-state index in [0.717, 1.165) is 45.9 Å². The molecule has 39 heavy (non-hydrogen) atoms. The second kappa shape index (κ2) is 14.9. The van der Waals surface area contributed by atoms with Crippen LogP contribution in [0.15, 0.2) is 41.0 Å². The van der Waals surface area contributed by atoms with E-state index in [1.165, 1.54) is 0 Å². The highest BCUT2D eigenvalue weighted by Gasteiger charge is 2.38. The number of likely N-dealkylation sites (N-methyl/N-ethyl adjacent to an activating group) is 1. The lowest BCUT2D eigenvalue weighted by Gasteiger charge is -2.15. The van der Waals surface area contributed by atoms with Crippen molar-refractivity contribution in [3.63, 3.8) is 0 Å². The Morgan fingerprint density at radius 3 is 2.10 bits per heavy atom.